The molecule has 0 saturated carbocycles. The van der Waals surface area contributed by atoms with Crippen LogP contribution in [0.3, 0.4) is 0 Å². The van der Waals surface area contributed by atoms with Gasteiger partial charge in [-0.15, -0.1) is 0 Å². The first kappa shape index (κ1) is 22.1. The van der Waals surface area contributed by atoms with Crippen LogP contribution in [0, 0.1) is 20.8 Å². The fourth-order valence-electron chi connectivity index (χ4n) is 4.41. The molecule has 0 spiro atoms. The van der Waals surface area contributed by atoms with E-state index >= 15 is 0 Å². The lowest BCUT2D eigenvalue weighted by Crippen LogP contribution is -2.47. The highest BCUT2D eigenvalue weighted by Gasteiger charge is 2.42. The number of benzene rings is 2. The molecule has 2 aliphatic heterocycles. The van der Waals surface area contributed by atoms with E-state index in [2.05, 4.69) is 41.0 Å². The van der Waals surface area contributed by atoms with Crippen molar-refractivity contribution in [3.63, 3.8) is 0 Å². The number of aryl methyl sites for hydroxylation is 3. The quantitative estimate of drug-likeness (QED) is 0.655. The summed E-state index contributed by atoms with van der Waals surface area (Å²) in [6, 6.07) is 14.5. The smallest absolute Gasteiger partial charge is 0.277 e. The second-order valence-electron chi connectivity index (χ2n) is 8.59. The van der Waals surface area contributed by atoms with Gasteiger partial charge in [-0.1, -0.05) is 30.3 Å². The van der Waals surface area contributed by atoms with Crippen LogP contribution in [0.25, 0.3) is 5.57 Å². The van der Waals surface area contributed by atoms with Crippen LogP contribution >= 0.6 is 0 Å². The van der Waals surface area contributed by atoms with Gasteiger partial charge in [0.25, 0.3) is 11.8 Å². The molecular weight excluding hydrogens is 402 g/mol. The van der Waals surface area contributed by atoms with Gasteiger partial charge in [-0.2, -0.15) is 0 Å². The summed E-state index contributed by atoms with van der Waals surface area (Å²) in [5.41, 5.74) is 6.54. The van der Waals surface area contributed by atoms with Gasteiger partial charge in [0, 0.05) is 39.0 Å². The summed E-state index contributed by atoms with van der Waals surface area (Å²) in [6.45, 7) is 9.73. The van der Waals surface area contributed by atoms with Crippen LogP contribution in [-0.4, -0.2) is 68.1 Å². The predicted octanol–water partition coefficient (Wildman–Crippen LogP) is 3.16. The van der Waals surface area contributed by atoms with Crippen molar-refractivity contribution in [1.29, 1.82) is 0 Å². The Hall–Kier alpha value is -3.12. The maximum Gasteiger partial charge on any atom is 0.277 e. The molecule has 2 amide bonds. The normalized spacial score (nSPS) is 17.1. The molecule has 2 aromatic rings. The third-order valence-corrected chi connectivity index (χ3v) is 6.42. The second-order valence-corrected chi connectivity index (χ2v) is 8.59. The lowest BCUT2D eigenvalue weighted by atomic mass is 9.99. The van der Waals surface area contributed by atoms with E-state index in [1.54, 1.807) is 7.11 Å². The minimum Gasteiger partial charge on any atom is -0.383 e. The number of piperazine rings is 1. The molecular formula is C26H31N3O3. The van der Waals surface area contributed by atoms with Gasteiger partial charge in [0.1, 0.15) is 5.70 Å². The molecule has 0 N–H and O–H groups in total. The van der Waals surface area contributed by atoms with Crippen molar-refractivity contribution in [3.8, 4) is 0 Å². The monoisotopic (exact) mass is 433 g/mol. The van der Waals surface area contributed by atoms with E-state index in [1.165, 1.54) is 16.2 Å². The van der Waals surface area contributed by atoms with Crippen molar-refractivity contribution in [2.24, 2.45) is 0 Å². The summed E-state index contributed by atoms with van der Waals surface area (Å²) in [6.07, 6.45) is 0. The first-order valence-electron chi connectivity index (χ1n) is 11.1. The predicted molar refractivity (Wildman–Crippen MR) is 126 cm³/mol. The minimum absolute atomic E-state index is 0.218. The van der Waals surface area contributed by atoms with Gasteiger partial charge in [-0.25, -0.2) is 0 Å². The van der Waals surface area contributed by atoms with Crippen molar-refractivity contribution >= 4 is 23.1 Å². The summed E-state index contributed by atoms with van der Waals surface area (Å²) in [5, 5.41) is 0. The van der Waals surface area contributed by atoms with Gasteiger partial charge in [0.15, 0.2) is 0 Å². The van der Waals surface area contributed by atoms with Gasteiger partial charge < -0.3 is 14.5 Å². The van der Waals surface area contributed by atoms with Crippen LogP contribution in [0.2, 0.25) is 0 Å². The maximum atomic E-state index is 13.4. The minimum atomic E-state index is -0.230. The van der Waals surface area contributed by atoms with E-state index in [1.807, 2.05) is 32.0 Å². The topological polar surface area (TPSA) is 53.1 Å². The molecule has 6 nitrogen and oxygen atoms in total. The molecule has 1 saturated heterocycles. The molecule has 0 aromatic heterocycles. The van der Waals surface area contributed by atoms with Crippen LogP contribution < -0.4 is 4.90 Å². The molecule has 0 unspecified atom stereocenters. The van der Waals surface area contributed by atoms with Crippen LogP contribution in [0.1, 0.15) is 22.3 Å². The average Bonchev–Trinajstić information content (AvgIpc) is 3.04. The Morgan fingerprint density at radius 2 is 1.56 bits per heavy atom. The van der Waals surface area contributed by atoms with Crippen LogP contribution in [0.15, 0.2) is 48.2 Å². The highest BCUT2D eigenvalue weighted by atomic mass is 16.5. The molecule has 168 valence electrons. The lowest BCUT2D eigenvalue weighted by molar-refractivity contribution is -0.138. The number of hydrogen-bond acceptors (Lipinski definition) is 5. The number of rotatable bonds is 6. The van der Waals surface area contributed by atoms with Crippen LogP contribution in [-0.2, 0) is 14.3 Å². The third kappa shape index (κ3) is 4.15. The van der Waals surface area contributed by atoms with Crippen LogP contribution in [0.5, 0.6) is 0 Å². The Kier molecular flexibility index (Phi) is 6.33. The Labute approximate surface area is 190 Å². The number of hydrogen-bond donors (Lipinski definition) is 0. The van der Waals surface area contributed by atoms with Crippen molar-refractivity contribution in [2.45, 2.75) is 20.8 Å². The molecule has 2 heterocycles. The Morgan fingerprint density at radius 1 is 0.844 bits per heavy atom. The van der Waals surface area contributed by atoms with Crippen molar-refractivity contribution in [3.05, 3.63) is 70.4 Å². The fourth-order valence-corrected chi connectivity index (χ4v) is 4.41. The lowest BCUT2D eigenvalue weighted by Gasteiger charge is -2.37. The van der Waals surface area contributed by atoms with Gasteiger partial charge in [-0.05, 0) is 55.2 Å². The zero-order valence-electron chi connectivity index (χ0n) is 19.4. The number of ether oxygens (including phenoxy) is 1. The number of nitrogens with zero attached hydrogens (tertiary/aromatic N) is 3. The number of imide groups is 1. The van der Waals surface area contributed by atoms with Crippen molar-refractivity contribution in [1.82, 2.24) is 9.80 Å². The Bertz CT molecular complexity index is 1070. The number of carbonyl (C=O) groups is 2. The van der Waals surface area contributed by atoms with Gasteiger partial charge in [-0.3, -0.25) is 14.5 Å². The molecule has 2 aliphatic rings. The van der Waals surface area contributed by atoms with Crippen molar-refractivity contribution < 1.29 is 14.3 Å². The van der Waals surface area contributed by atoms with Crippen molar-refractivity contribution in [2.75, 3.05) is 51.3 Å². The fraction of sp³-hybridized carbons (Fsp3) is 0.385. The molecule has 6 heteroatoms. The summed E-state index contributed by atoms with van der Waals surface area (Å²) in [7, 11) is 1.58. The van der Waals surface area contributed by atoms with Gasteiger partial charge in [0.05, 0.1) is 18.7 Å². The van der Waals surface area contributed by atoms with E-state index < -0.39 is 0 Å². The second kappa shape index (κ2) is 9.17. The number of amides is 2. The number of carbonyl (C=O) groups excluding carboxylic acids is 2. The molecule has 0 aliphatic carbocycles. The Balaban J connectivity index is 1.64. The first-order chi connectivity index (χ1) is 15.4. The first-order valence-corrected chi connectivity index (χ1v) is 11.1. The third-order valence-electron chi connectivity index (χ3n) is 6.42. The molecule has 0 atom stereocenters. The van der Waals surface area contributed by atoms with Crippen LogP contribution in [0.4, 0.5) is 5.69 Å². The summed E-state index contributed by atoms with van der Waals surface area (Å²) in [5.74, 6) is -0.448. The average molecular weight is 434 g/mol. The van der Waals surface area contributed by atoms with E-state index in [-0.39, 0.29) is 18.4 Å². The SMILES string of the molecule is COCCN1C(=O)C(c2ccc(C)c(C)c2)=C(N2CCN(c3cccc(C)c3)CC2)C1=O. The largest absolute Gasteiger partial charge is 0.383 e. The zero-order valence-corrected chi connectivity index (χ0v) is 19.4. The summed E-state index contributed by atoms with van der Waals surface area (Å²) < 4.78 is 5.14. The van der Waals surface area contributed by atoms with E-state index in [4.69, 9.17) is 4.74 Å². The number of anilines is 1. The maximum absolute atomic E-state index is 13.4. The molecule has 2 aromatic carbocycles. The van der Waals surface area contributed by atoms with E-state index in [0.29, 0.717) is 31.0 Å². The molecule has 32 heavy (non-hydrogen) atoms. The van der Waals surface area contributed by atoms with Gasteiger partial charge in [0.2, 0.25) is 0 Å². The molecule has 4 rings (SSSR count). The highest BCUT2D eigenvalue weighted by molar-refractivity contribution is 6.35. The summed E-state index contributed by atoms with van der Waals surface area (Å²) in [4.78, 5) is 32.5. The standard InChI is InChI=1S/C26H31N3O3/c1-18-6-5-7-22(16-18)27-10-12-28(13-11-27)24-23(21-9-8-19(2)20(3)17-21)25(30)29(26(24)31)14-15-32-4/h5-9,16-17H,10-15H2,1-4H3. The molecule has 0 bridgehead atoms. The highest BCUT2D eigenvalue weighted by Crippen LogP contribution is 2.33. The number of methoxy groups -OCH3 is 1. The van der Waals surface area contributed by atoms with E-state index in [9.17, 15) is 9.59 Å². The summed E-state index contributed by atoms with van der Waals surface area (Å²) >= 11 is 0. The zero-order chi connectivity index (χ0) is 22.8. The van der Waals surface area contributed by atoms with E-state index in [0.717, 1.165) is 29.8 Å². The van der Waals surface area contributed by atoms with Gasteiger partial charge >= 0.3 is 0 Å². The molecule has 0 radical (unpaired) electrons. The Morgan fingerprint density at radius 3 is 2.22 bits per heavy atom. The molecule has 1 fully saturated rings.